The van der Waals surface area contributed by atoms with Gasteiger partial charge < -0.3 is 10.2 Å². The van der Waals surface area contributed by atoms with Crippen molar-refractivity contribution < 1.29 is 27.2 Å². The molecule has 4 rings (SSSR count). The summed E-state index contributed by atoms with van der Waals surface area (Å²) in [6, 6.07) is 12.4. The number of piperidine rings is 1. The van der Waals surface area contributed by atoms with Crippen molar-refractivity contribution in [3.05, 3.63) is 88.3 Å². The Labute approximate surface area is 251 Å². The summed E-state index contributed by atoms with van der Waals surface area (Å²) < 4.78 is 55.6. The Morgan fingerprint density at radius 3 is 2.26 bits per heavy atom. The van der Waals surface area contributed by atoms with Gasteiger partial charge in [-0.2, -0.15) is 13.2 Å². The predicted octanol–water partition coefficient (Wildman–Crippen LogP) is 8.04. The molecule has 2 aliphatic rings. The van der Waals surface area contributed by atoms with Crippen molar-refractivity contribution in [2.75, 3.05) is 18.4 Å². The van der Waals surface area contributed by atoms with Crippen LogP contribution in [0.1, 0.15) is 75.6 Å². The molecule has 2 amide bonds. The number of alkyl halides is 3. The molecule has 0 aliphatic carbocycles. The molecule has 0 saturated carbocycles. The predicted molar refractivity (Wildman–Crippen MR) is 161 cm³/mol. The normalized spacial score (nSPS) is 22.4. The standard InChI is InChI=1S/C34H41F4N3O2/c1-5-23(4)30(28(35)6-2)33(43)41-20-7-9-27(32(42)39-26-17-11-22(3)12-18-26)31(41)25-15-13-24(14-16-25)21-40-19-8-10-29(40)34(36,37)38/h6,11-18,27,29,31H,5,7-10,19-21H2,1-4H3,(H,39,42)/b28-6+,30-23+. The Morgan fingerprint density at radius 2 is 1.65 bits per heavy atom. The maximum absolute atomic E-state index is 15.1. The highest BCUT2D eigenvalue weighted by atomic mass is 19.4. The lowest BCUT2D eigenvalue weighted by atomic mass is 9.83. The van der Waals surface area contributed by atoms with Gasteiger partial charge in [-0.05, 0) is 82.7 Å². The van der Waals surface area contributed by atoms with E-state index >= 15 is 4.39 Å². The average Bonchev–Trinajstić information content (AvgIpc) is 3.47. The minimum Gasteiger partial charge on any atom is -0.331 e. The molecule has 0 bridgehead atoms. The Balaban J connectivity index is 1.68. The summed E-state index contributed by atoms with van der Waals surface area (Å²) in [5, 5.41) is 2.99. The molecule has 2 fully saturated rings. The zero-order chi connectivity index (χ0) is 31.3. The zero-order valence-corrected chi connectivity index (χ0v) is 25.3. The summed E-state index contributed by atoms with van der Waals surface area (Å²) in [6.07, 6.45) is -0.843. The third-order valence-corrected chi connectivity index (χ3v) is 8.66. The van der Waals surface area contributed by atoms with Crippen LogP contribution in [0.3, 0.4) is 0 Å². The number of nitrogens with zero attached hydrogens (tertiary/aromatic N) is 2. The highest BCUT2D eigenvalue weighted by molar-refractivity contribution is 5.99. The van der Waals surface area contributed by atoms with Crippen LogP contribution < -0.4 is 5.32 Å². The highest BCUT2D eigenvalue weighted by Gasteiger charge is 2.46. The molecule has 9 heteroatoms. The smallest absolute Gasteiger partial charge is 0.331 e. The first-order valence-corrected chi connectivity index (χ1v) is 15.0. The van der Waals surface area contributed by atoms with E-state index in [0.29, 0.717) is 55.6 Å². The van der Waals surface area contributed by atoms with Gasteiger partial charge in [0.15, 0.2) is 0 Å². The fourth-order valence-electron chi connectivity index (χ4n) is 6.18. The highest BCUT2D eigenvalue weighted by Crippen LogP contribution is 2.40. The SMILES string of the molecule is C/C=C(F)\C(C(=O)N1CCCC(C(=O)Nc2ccc(C)cc2)C1c1ccc(CN2CCCC2C(F)(F)F)cc1)=C(\C)CC. The van der Waals surface area contributed by atoms with Gasteiger partial charge in [0.25, 0.3) is 5.91 Å². The number of carbonyl (C=O) groups excluding carboxylic acids is 2. The van der Waals surface area contributed by atoms with Crippen molar-refractivity contribution in [3.63, 3.8) is 0 Å². The summed E-state index contributed by atoms with van der Waals surface area (Å²) in [7, 11) is 0. The molecular formula is C34H41F4N3O2. The molecule has 43 heavy (non-hydrogen) atoms. The molecular weight excluding hydrogens is 558 g/mol. The van der Waals surface area contributed by atoms with Crippen LogP contribution in [-0.4, -0.2) is 46.9 Å². The molecule has 2 aliphatic heterocycles. The first-order valence-electron chi connectivity index (χ1n) is 15.0. The molecule has 2 heterocycles. The minimum atomic E-state index is -4.28. The number of anilines is 1. The molecule has 0 spiro atoms. The summed E-state index contributed by atoms with van der Waals surface area (Å²) in [6.45, 7) is 7.97. The summed E-state index contributed by atoms with van der Waals surface area (Å²) in [5.41, 5.74) is 3.72. The molecule has 1 N–H and O–H groups in total. The van der Waals surface area contributed by atoms with E-state index in [-0.39, 0.29) is 24.4 Å². The number of aryl methyl sites for hydroxylation is 1. The van der Waals surface area contributed by atoms with E-state index in [1.165, 1.54) is 11.0 Å². The van der Waals surface area contributed by atoms with Crippen molar-refractivity contribution in [2.45, 2.75) is 84.6 Å². The first-order chi connectivity index (χ1) is 20.4. The number of nitrogens with one attached hydrogen (secondary N) is 1. The fourth-order valence-corrected chi connectivity index (χ4v) is 6.18. The number of rotatable bonds is 8. The van der Waals surface area contributed by atoms with Crippen molar-refractivity contribution in [3.8, 4) is 0 Å². The Kier molecular flexibility index (Phi) is 10.5. The number of hydrogen-bond donors (Lipinski definition) is 1. The van der Waals surface area contributed by atoms with Crippen LogP contribution in [-0.2, 0) is 16.1 Å². The number of amides is 2. The van der Waals surface area contributed by atoms with E-state index in [1.807, 2.05) is 38.1 Å². The Morgan fingerprint density at radius 1 is 1.00 bits per heavy atom. The Hall–Kier alpha value is -3.46. The number of benzene rings is 2. The van der Waals surface area contributed by atoms with E-state index in [0.717, 1.165) is 11.1 Å². The largest absolute Gasteiger partial charge is 0.404 e. The van der Waals surface area contributed by atoms with Gasteiger partial charge in [-0.25, -0.2) is 4.39 Å². The lowest BCUT2D eigenvalue weighted by molar-refractivity contribution is -0.177. The third kappa shape index (κ3) is 7.55. The second-order valence-corrected chi connectivity index (χ2v) is 11.6. The molecule has 2 aromatic rings. The number of carbonyl (C=O) groups is 2. The molecule has 3 atom stereocenters. The van der Waals surface area contributed by atoms with Gasteiger partial charge in [-0.1, -0.05) is 60.5 Å². The lowest BCUT2D eigenvalue weighted by Crippen LogP contribution is -2.47. The van der Waals surface area contributed by atoms with E-state index < -0.39 is 35.9 Å². The monoisotopic (exact) mass is 599 g/mol. The second-order valence-electron chi connectivity index (χ2n) is 11.6. The third-order valence-electron chi connectivity index (χ3n) is 8.66. The van der Waals surface area contributed by atoms with E-state index in [1.54, 1.807) is 43.0 Å². The van der Waals surface area contributed by atoms with Gasteiger partial charge in [0, 0.05) is 18.8 Å². The number of hydrogen-bond acceptors (Lipinski definition) is 3. The van der Waals surface area contributed by atoms with Crippen molar-refractivity contribution in [2.24, 2.45) is 5.92 Å². The first kappa shape index (κ1) is 32.5. The molecule has 2 saturated heterocycles. The average molecular weight is 600 g/mol. The van der Waals surface area contributed by atoms with Crippen LogP contribution in [0.15, 0.2) is 71.6 Å². The van der Waals surface area contributed by atoms with Crippen molar-refractivity contribution in [1.29, 1.82) is 0 Å². The van der Waals surface area contributed by atoms with Crippen molar-refractivity contribution in [1.82, 2.24) is 9.80 Å². The lowest BCUT2D eigenvalue weighted by Gasteiger charge is -2.41. The Bertz CT molecular complexity index is 1350. The van der Waals surface area contributed by atoms with Gasteiger partial charge in [0.05, 0.1) is 17.5 Å². The minimum absolute atomic E-state index is 0.0124. The zero-order valence-electron chi connectivity index (χ0n) is 25.3. The van der Waals surface area contributed by atoms with E-state index in [9.17, 15) is 22.8 Å². The summed E-state index contributed by atoms with van der Waals surface area (Å²) in [5.74, 6) is -1.93. The van der Waals surface area contributed by atoms with Gasteiger partial charge in [0.2, 0.25) is 5.91 Å². The number of halogens is 4. The molecule has 0 aromatic heterocycles. The van der Waals surface area contributed by atoms with Crippen LogP contribution in [0.2, 0.25) is 0 Å². The van der Waals surface area contributed by atoms with E-state index in [2.05, 4.69) is 5.32 Å². The molecule has 5 nitrogen and oxygen atoms in total. The molecule has 2 aromatic carbocycles. The molecule has 3 unspecified atom stereocenters. The van der Waals surface area contributed by atoms with Crippen LogP contribution >= 0.6 is 0 Å². The van der Waals surface area contributed by atoms with Gasteiger partial charge in [-0.3, -0.25) is 14.5 Å². The van der Waals surface area contributed by atoms with Gasteiger partial charge >= 0.3 is 6.18 Å². The van der Waals surface area contributed by atoms with Crippen LogP contribution in [0, 0.1) is 12.8 Å². The quantitative estimate of drug-likeness (QED) is 0.190. The maximum Gasteiger partial charge on any atom is 0.404 e. The second kappa shape index (κ2) is 13.9. The van der Waals surface area contributed by atoms with Crippen LogP contribution in [0.4, 0.5) is 23.2 Å². The van der Waals surface area contributed by atoms with Gasteiger partial charge in [-0.15, -0.1) is 0 Å². The topological polar surface area (TPSA) is 52.7 Å². The van der Waals surface area contributed by atoms with Crippen LogP contribution in [0.5, 0.6) is 0 Å². The number of likely N-dealkylation sites (tertiary alicyclic amines) is 2. The summed E-state index contributed by atoms with van der Waals surface area (Å²) >= 11 is 0. The van der Waals surface area contributed by atoms with Crippen LogP contribution in [0.25, 0.3) is 0 Å². The number of allylic oxidation sites excluding steroid dienone is 2. The summed E-state index contributed by atoms with van der Waals surface area (Å²) in [4.78, 5) is 30.8. The fraction of sp³-hybridized carbons (Fsp3) is 0.471. The molecule has 232 valence electrons. The maximum atomic E-state index is 15.1. The van der Waals surface area contributed by atoms with Crippen molar-refractivity contribution >= 4 is 17.5 Å². The molecule has 0 radical (unpaired) electrons. The van der Waals surface area contributed by atoms with Gasteiger partial charge in [0.1, 0.15) is 11.9 Å². The van der Waals surface area contributed by atoms with E-state index in [4.69, 9.17) is 0 Å².